The number of aromatic amines is 1. The van der Waals surface area contributed by atoms with E-state index in [1.165, 1.54) is 0 Å². The van der Waals surface area contributed by atoms with Gasteiger partial charge in [0.25, 0.3) is 5.69 Å². The molecular weight excluding hydrogens is 358 g/mol. The fourth-order valence-electron chi connectivity index (χ4n) is 2.51. The van der Waals surface area contributed by atoms with Gasteiger partial charge in [0.2, 0.25) is 0 Å². The van der Waals surface area contributed by atoms with E-state index in [4.69, 9.17) is 0 Å². The molecule has 0 unspecified atom stereocenters. The predicted octanol–water partition coefficient (Wildman–Crippen LogP) is 5.54. The number of hydrogen-bond acceptors (Lipinski definition) is 3. The fourth-order valence-corrected chi connectivity index (χ4v) is 2.84. The lowest BCUT2D eigenvalue weighted by atomic mass is 10.0. The summed E-state index contributed by atoms with van der Waals surface area (Å²) in [5.41, 5.74) is 4.25. The first-order valence-corrected chi connectivity index (χ1v) is 8.16. The van der Waals surface area contributed by atoms with E-state index in [2.05, 4.69) is 25.9 Å². The Bertz CT molecular complexity index is 872. The van der Waals surface area contributed by atoms with Crippen molar-refractivity contribution in [2.75, 3.05) is 0 Å². The molecule has 3 aromatic rings. The highest BCUT2D eigenvalue weighted by Gasteiger charge is 2.16. The highest BCUT2D eigenvalue weighted by Crippen LogP contribution is 2.35. The maximum atomic E-state index is 11.1. The van der Waals surface area contributed by atoms with E-state index in [0.717, 1.165) is 32.3 Å². The zero-order chi connectivity index (χ0) is 17.1. The molecule has 0 fully saturated rings. The van der Waals surface area contributed by atoms with Crippen LogP contribution < -0.4 is 0 Å². The molecule has 1 N–H and O–H groups in total. The topological polar surface area (TPSA) is 71.8 Å². The van der Waals surface area contributed by atoms with Gasteiger partial charge in [-0.25, -0.2) is 4.98 Å². The molecule has 1 aromatic carbocycles. The Hall–Kier alpha value is -2.21. The van der Waals surface area contributed by atoms with Crippen molar-refractivity contribution in [2.45, 2.75) is 27.7 Å². The molecule has 5 nitrogen and oxygen atoms in total. The van der Waals surface area contributed by atoms with Crippen molar-refractivity contribution in [3.8, 4) is 11.1 Å². The van der Waals surface area contributed by atoms with Crippen LogP contribution in [-0.4, -0.2) is 14.9 Å². The average molecular weight is 376 g/mol. The lowest BCUT2D eigenvalue weighted by Crippen LogP contribution is -1.92. The first-order valence-electron chi connectivity index (χ1n) is 7.36. The minimum atomic E-state index is -0.350. The number of aromatic nitrogens is 2. The van der Waals surface area contributed by atoms with E-state index < -0.39 is 0 Å². The molecule has 23 heavy (non-hydrogen) atoms. The number of fused-ring (bicyclic) bond motifs is 1. The SMILES string of the molecule is CC.Cc1ccc(-c2c(C)[nH]c3ncc(Br)cc23)cc1[N+](=O)[O-]. The van der Waals surface area contributed by atoms with Crippen LogP contribution in [0.1, 0.15) is 25.1 Å². The van der Waals surface area contributed by atoms with Crippen molar-refractivity contribution in [1.82, 2.24) is 9.97 Å². The number of hydrogen-bond donors (Lipinski definition) is 1. The maximum absolute atomic E-state index is 11.1. The molecule has 2 aromatic heterocycles. The van der Waals surface area contributed by atoms with Crippen LogP contribution in [-0.2, 0) is 0 Å². The van der Waals surface area contributed by atoms with E-state index in [1.807, 2.05) is 32.9 Å². The number of aryl methyl sites for hydroxylation is 2. The molecule has 0 radical (unpaired) electrons. The summed E-state index contributed by atoms with van der Waals surface area (Å²) in [5, 5.41) is 12.1. The Morgan fingerprint density at radius 3 is 2.57 bits per heavy atom. The van der Waals surface area contributed by atoms with Gasteiger partial charge >= 0.3 is 0 Å². The van der Waals surface area contributed by atoms with Gasteiger partial charge in [-0.1, -0.05) is 26.0 Å². The van der Waals surface area contributed by atoms with Crippen LogP contribution in [0.3, 0.4) is 0 Å². The molecule has 120 valence electrons. The first-order chi connectivity index (χ1) is 11.0. The Kier molecular flexibility index (Phi) is 5.15. The number of nitro benzene ring substituents is 1. The summed E-state index contributed by atoms with van der Waals surface area (Å²) in [5.74, 6) is 0. The van der Waals surface area contributed by atoms with Crippen molar-refractivity contribution in [3.05, 3.63) is 56.3 Å². The zero-order valence-corrected chi connectivity index (χ0v) is 15.1. The van der Waals surface area contributed by atoms with Gasteiger partial charge in [-0.2, -0.15) is 0 Å². The molecule has 6 heteroatoms. The maximum Gasteiger partial charge on any atom is 0.272 e. The first kappa shape index (κ1) is 17.1. The van der Waals surface area contributed by atoms with Gasteiger partial charge in [-0.15, -0.1) is 0 Å². The van der Waals surface area contributed by atoms with Gasteiger partial charge in [-0.05, 0) is 41.4 Å². The third kappa shape index (κ3) is 3.27. The predicted molar refractivity (Wildman–Crippen MR) is 96.7 cm³/mol. The molecule has 2 heterocycles. The van der Waals surface area contributed by atoms with E-state index in [1.54, 1.807) is 25.3 Å². The summed E-state index contributed by atoms with van der Waals surface area (Å²) in [7, 11) is 0. The monoisotopic (exact) mass is 375 g/mol. The van der Waals surface area contributed by atoms with E-state index in [9.17, 15) is 10.1 Å². The van der Waals surface area contributed by atoms with Crippen molar-refractivity contribution < 1.29 is 4.92 Å². The summed E-state index contributed by atoms with van der Waals surface area (Å²) in [4.78, 5) is 18.3. The molecule has 0 aliphatic heterocycles. The minimum Gasteiger partial charge on any atom is -0.343 e. The Labute approximate surface area is 143 Å². The lowest BCUT2D eigenvalue weighted by molar-refractivity contribution is -0.385. The van der Waals surface area contributed by atoms with Gasteiger partial charge in [0, 0.05) is 38.9 Å². The number of nitrogens with one attached hydrogen (secondary N) is 1. The normalized spacial score (nSPS) is 10.3. The molecule has 0 aliphatic carbocycles. The summed E-state index contributed by atoms with van der Waals surface area (Å²) in [6.07, 6.45) is 1.72. The van der Waals surface area contributed by atoms with Crippen LogP contribution in [0.5, 0.6) is 0 Å². The van der Waals surface area contributed by atoms with E-state index >= 15 is 0 Å². The molecule has 0 amide bonds. The molecule has 0 atom stereocenters. The van der Waals surface area contributed by atoms with Crippen LogP contribution in [0, 0.1) is 24.0 Å². The van der Waals surface area contributed by atoms with Crippen LogP contribution in [0.4, 0.5) is 5.69 Å². The minimum absolute atomic E-state index is 0.129. The van der Waals surface area contributed by atoms with Crippen molar-refractivity contribution in [2.24, 2.45) is 0 Å². The largest absolute Gasteiger partial charge is 0.343 e. The molecule has 0 aliphatic rings. The van der Waals surface area contributed by atoms with Gasteiger partial charge in [0.15, 0.2) is 0 Å². The lowest BCUT2D eigenvalue weighted by Gasteiger charge is -2.04. The van der Waals surface area contributed by atoms with Crippen LogP contribution in [0.2, 0.25) is 0 Å². The van der Waals surface area contributed by atoms with Crippen molar-refractivity contribution >= 4 is 32.7 Å². The number of nitrogens with zero attached hydrogens (tertiary/aromatic N) is 2. The molecule has 3 rings (SSSR count). The highest BCUT2D eigenvalue weighted by atomic mass is 79.9. The average Bonchev–Trinajstić information content (AvgIpc) is 2.85. The van der Waals surface area contributed by atoms with Crippen LogP contribution in [0.15, 0.2) is 34.9 Å². The number of halogens is 1. The smallest absolute Gasteiger partial charge is 0.272 e. The van der Waals surface area contributed by atoms with E-state index in [0.29, 0.717) is 5.56 Å². The number of H-pyrrole nitrogens is 1. The summed E-state index contributed by atoms with van der Waals surface area (Å²) < 4.78 is 0.872. The van der Waals surface area contributed by atoms with Gasteiger partial charge in [0.05, 0.1) is 4.92 Å². The number of benzene rings is 1. The standard InChI is InChI=1S/C15H12BrN3O2.C2H6/c1-8-3-4-10(5-13(8)19(20)21)14-9(2)18-15-12(14)6-11(16)7-17-15;1-2/h3-7H,1-2H3,(H,17,18);1-2H3. The second kappa shape index (κ2) is 6.91. The summed E-state index contributed by atoms with van der Waals surface area (Å²) in [6, 6.07) is 7.26. The van der Waals surface area contributed by atoms with Gasteiger partial charge < -0.3 is 4.98 Å². The molecule has 0 spiro atoms. The molecule has 0 saturated carbocycles. The number of pyridine rings is 1. The van der Waals surface area contributed by atoms with Crippen LogP contribution >= 0.6 is 15.9 Å². The Balaban J connectivity index is 0.000000924. The Morgan fingerprint density at radius 2 is 1.91 bits per heavy atom. The molecular formula is C17H18BrN3O2. The van der Waals surface area contributed by atoms with Crippen molar-refractivity contribution in [1.29, 1.82) is 0 Å². The number of rotatable bonds is 2. The fraction of sp³-hybridized carbons (Fsp3) is 0.235. The highest BCUT2D eigenvalue weighted by molar-refractivity contribution is 9.10. The van der Waals surface area contributed by atoms with Gasteiger partial charge in [-0.3, -0.25) is 10.1 Å². The molecule has 0 saturated heterocycles. The van der Waals surface area contributed by atoms with Gasteiger partial charge in [0.1, 0.15) is 5.65 Å². The Morgan fingerprint density at radius 1 is 1.22 bits per heavy atom. The summed E-state index contributed by atoms with van der Waals surface area (Å²) >= 11 is 3.41. The van der Waals surface area contributed by atoms with E-state index in [-0.39, 0.29) is 10.6 Å². The van der Waals surface area contributed by atoms with Crippen LogP contribution in [0.25, 0.3) is 22.2 Å². The van der Waals surface area contributed by atoms with Crippen molar-refractivity contribution in [3.63, 3.8) is 0 Å². The third-order valence-electron chi connectivity index (χ3n) is 3.50. The second-order valence-corrected chi connectivity index (χ2v) is 5.85. The molecule has 0 bridgehead atoms. The third-order valence-corrected chi connectivity index (χ3v) is 3.93. The zero-order valence-electron chi connectivity index (χ0n) is 13.5. The number of nitro groups is 1. The quantitative estimate of drug-likeness (QED) is 0.471. The summed E-state index contributed by atoms with van der Waals surface area (Å²) in [6.45, 7) is 7.68. The second-order valence-electron chi connectivity index (χ2n) is 4.93.